The fourth-order valence-electron chi connectivity index (χ4n) is 3.24. The Kier molecular flexibility index (Phi) is 7.12. The van der Waals surface area contributed by atoms with Crippen LogP contribution in [-0.4, -0.2) is 44.0 Å². The highest BCUT2D eigenvalue weighted by molar-refractivity contribution is 6.74. The lowest BCUT2D eigenvalue weighted by atomic mass is 9.96. The van der Waals surface area contributed by atoms with Crippen molar-refractivity contribution in [1.29, 1.82) is 0 Å². The molecule has 5 nitrogen and oxygen atoms in total. The van der Waals surface area contributed by atoms with Gasteiger partial charge in [-0.1, -0.05) is 70.2 Å². The van der Waals surface area contributed by atoms with Crippen LogP contribution >= 0.6 is 0 Å². The average Bonchev–Trinajstić information content (AvgIpc) is 2.98. The number of ether oxygens (including phenoxy) is 1. The molecule has 1 saturated heterocycles. The van der Waals surface area contributed by atoms with Crippen molar-refractivity contribution in [1.82, 2.24) is 4.90 Å². The van der Waals surface area contributed by atoms with Crippen molar-refractivity contribution in [3.63, 3.8) is 0 Å². The second-order valence-electron chi connectivity index (χ2n) is 9.56. The number of rotatable bonds is 7. The Morgan fingerprint density at radius 1 is 1.31 bits per heavy atom. The van der Waals surface area contributed by atoms with E-state index in [0.29, 0.717) is 6.42 Å². The smallest absolute Gasteiger partial charge is 0.416 e. The van der Waals surface area contributed by atoms with Gasteiger partial charge in [-0.3, -0.25) is 4.79 Å². The summed E-state index contributed by atoms with van der Waals surface area (Å²) in [6, 6.07) is 9.52. The van der Waals surface area contributed by atoms with E-state index in [1.807, 2.05) is 44.2 Å². The zero-order valence-corrected chi connectivity index (χ0v) is 19.8. The predicted molar refractivity (Wildman–Crippen MR) is 118 cm³/mol. The molecule has 160 valence electrons. The first-order chi connectivity index (χ1) is 13.3. The van der Waals surface area contributed by atoms with E-state index < -0.39 is 26.4 Å². The minimum atomic E-state index is -2.12. The molecule has 0 radical (unpaired) electrons. The fraction of sp³-hybridized carbons (Fsp3) is 0.565. The van der Waals surface area contributed by atoms with Crippen LogP contribution in [0, 0.1) is 5.92 Å². The molecule has 3 atom stereocenters. The first-order valence-electron chi connectivity index (χ1n) is 10.2. The van der Waals surface area contributed by atoms with Crippen molar-refractivity contribution in [2.75, 3.05) is 6.61 Å². The minimum absolute atomic E-state index is 0.00584. The van der Waals surface area contributed by atoms with Crippen LogP contribution in [0.3, 0.4) is 0 Å². The van der Waals surface area contributed by atoms with Gasteiger partial charge in [-0.25, -0.2) is 9.69 Å². The highest BCUT2D eigenvalue weighted by Crippen LogP contribution is 2.39. The maximum atomic E-state index is 13.4. The number of carbonyl (C=O) groups is 2. The number of carbonyl (C=O) groups excluding carboxylic acids is 2. The topological polar surface area (TPSA) is 55.8 Å². The molecule has 1 aliphatic rings. The summed E-state index contributed by atoms with van der Waals surface area (Å²) in [6.45, 7) is 18.8. The van der Waals surface area contributed by atoms with Crippen molar-refractivity contribution in [2.24, 2.45) is 5.92 Å². The lowest BCUT2D eigenvalue weighted by Crippen LogP contribution is -2.50. The summed E-state index contributed by atoms with van der Waals surface area (Å²) in [5, 5.41) is 0.00584. The van der Waals surface area contributed by atoms with Crippen molar-refractivity contribution in [3.8, 4) is 0 Å². The Morgan fingerprint density at radius 3 is 2.41 bits per heavy atom. The molecule has 1 aromatic carbocycles. The molecule has 29 heavy (non-hydrogen) atoms. The molecular weight excluding hydrogens is 382 g/mol. The average molecular weight is 418 g/mol. The number of hydrogen-bond donors (Lipinski definition) is 0. The van der Waals surface area contributed by atoms with E-state index in [-0.39, 0.29) is 23.6 Å². The van der Waals surface area contributed by atoms with Crippen LogP contribution in [0.2, 0.25) is 18.1 Å². The van der Waals surface area contributed by atoms with Crippen molar-refractivity contribution >= 4 is 20.3 Å². The van der Waals surface area contributed by atoms with Crippen molar-refractivity contribution in [2.45, 2.75) is 71.3 Å². The fourth-order valence-corrected chi connectivity index (χ4v) is 4.63. The number of cyclic esters (lactones) is 1. The molecule has 1 heterocycles. The first-order valence-corrected chi connectivity index (χ1v) is 13.1. The third-order valence-electron chi connectivity index (χ3n) is 6.07. The maximum absolute atomic E-state index is 13.4. The van der Waals surface area contributed by atoms with Gasteiger partial charge in [0.1, 0.15) is 6.61 Å². The van der Waals surface area contributed by atoms with E-state index in [1.165, 1.54) is 4.90 Å². The molecule has 1 aliphatic heterocycles. The predicted octanol–water partition coefficient (Wildman–Crippen LogP) is 5.18. The van der Waals surface area contributed by atoms with Gasteiger partial charge < -0.3 is 9.16 Å². The molecule has 0 saturated carbocycles. The SMILES string of the molecule is C=C(C)[C@@H](O[Si](C)(C)C(C)(C)C)[C@H](C)C(=O)N1C(=O)OC[C@H]1Cc1ccccc1. The van der Waals surface area contributed by atoms with Gasteiger partial charge >= 0.3 is 6.09 Å². The van der Waals surface area contributed by atoms with E-state index in [4.69, 9.17) is 9.16 Å². The standard InChI is InChI=1S/C23H35NO4Si/c1-16(2)20(28-29(7,8)23(4,5)6)17(3)21(25)24-19(15-27-22(24)26)14-18-12-10-9-11-13-18/h9-13,17,19-20H,1,14-15H2,2-8H3/t17-,19+,20+/m0/s1. The Bertz CT molecular complexity index is 754. The quantitative estimate of drug-likeness (QED) is 0.453. The second-order valence-corrected chi connectivity index (χ2v) is 14.3. The number of imide groups is 1. The highest BCUT2D eigenvalue weighted by atomic mass is 28.4. The first kappa shape index (κ1) is 23.4. The molecule has 0 unspecified atom stereocenters. The Hall–Kier alpha value is -1.92. The molecular formula is C23H35NO4Si. The summed E-state index contributed by atoms with van der Waals surface area (Å²) in [5.41, 5.74) is 1.86. The second kappa shape index (κ2) is 8.84. The Morgan fingerprint density at radius 2 is 1.90 bits per heavy atom. The van der Waals surface area contributed by atoms with E-state index in [1.54, 1.807) is 0 Å². The van der Waals surface area contributed by atoms with Gasteiger partial charge in [-0.2, -0.15) is 0 Å². The molecule has 1 aromatic rings. The van der Waals surface area contributed by atoms with Gasteiger partial charge in [0.05, 0.1) is 18.1 Å². The number of benzene rings is 1. The number of amides is 2. The monoisotopic (exact) mass is 417 g/mol. The molecule has 6 heteroatoms. The highest BCUT2D eigenvalue weighted by Gasteiger charge is 2.45. The van der Waals surface area contributed by atoms with Crippen molar-refractivity contribution in [3.05, 3.63) is 48.0 Å². The van der Waals surface area contributed by atoms with Crippen LogP contribution < -0.4 is 0 Å². The third kappa shape index (κ3) is 5.37. The Labute approximate surface area is 176 Å². The van der Waals surface area contributed by atoms with E-state index in [0.717, 1.165) is 11.1 Å². The molecule has 0 bridgehead atoms. The van der Waals surface area contributed by atoms with Crippen LogP contribution in [0.4, 0.5) is 4.79 Å². The minimum Gasteiger partial charge on any atom is -0.447 e. The van der Waals surface area contributed by atoms with Gasteiger partial charge in [-0.15, -0.1) is 0 Å². The number of nitrogens with zero attached hydrogens (tertiary/aromatic N) is 1. The Balaban J connectivity index is 2.22. The zero-order valence-electron chi connectivity index (χ0n) is 18.8. The summed E-state index contributed by atoms with van der Waals surface area (Å²) >= 11 is 0. The number of hydrogen-bond acceptors (Lipinski definition) is 4. The molecule has 0 N–H and O–H groups in total. The van der Waals surface area contributed by atoms with Crippen LogP contribution in [0.15, 0.2) is 42.5 Å². The van der Waals surface area contributed by atoms with Gasteiger partial charge in [-0.05, 0) is 37.0 Å². The summed E-state index contributed by atoms with van der Waals surface area (Å²) in [5.74, 6) is -0.786. The summed E-state index contributed by atoms with van der Waals surface area (Å²) in [4.78, 5) is 27.0. The lowest BCUT2D eigenvalue weighted by Gasteiger charge is -2.41. The summed E-state index contributed by atoms with van der Waals surface area (Å²) < 4.78 is 11.8. The molecule has 1 fully saturated rings. The summed E-state index contributed by atoms with van der Waals surface area (Å²) in [7, 11) is -2.12. The molecule has 0 aliphatic carbocycles. The lowest BCUT2D eigenvalue weighted by molar-refractivity contribution is -0.135. The molecule has 0 spiro atoms. The molecule has 2 rings (SSSR count). The van der Waals surface area contributed by atoms with E-state index in [2.05, 4.69) is 40.4 Å². The van der Waals surface area contributed by atoms with Crippen LogP contribution in [0.25, 0.3) is 0 Å². The zero-order chi connectivity index (χ0) is 22.0. The summed E-state index contributed by atoms with van der Waals surface area (Å²) in [6.07, 6.45) is -0.434. The third-order valence-corrected chi connectivity index (χ3v) is 10.5. The van der Waals surface area contributed by atoms with Crippen LogP contribution in [0.1, 0.15) is 40.2 Å². The van der Waals surface area contributed by atoms with Crippen molar-refractivity contribution < 1.29 is 18.8 Å². The van der Waals surface area contributed by atoms with E-state index >= 15 is 0 Å². The normalized spacial score (nSPS) is 19.6. The molecule has 0 aromatic heterocycles. The van der Waals surface area contributed by atoms with Crippen LogP contribution in [-0.2, 0) is 20.4 Å². The van der Waals surface area contributed by atoms with Gasteiger partial charge in [0, 0.05) is 0 Å². The van der Waals surface area contributed by atoms with Crippen LogP contribution in [0.5, 0.6) is 0 Å². The largest absolute Gasteiger partial charge is 0.447 e. The van der Waals surface area contributed by atoms with Gasteiger partial charge in [0.15, 0.2) is 8.32 Å². The molecule has 2 amide bonds. The maximum Gasteiger partial charge on any atom is 0.416 e. The van der Waals surface area contributed by atoms with Gasteiger partial charge in [0.2, 0.25) is 5.91 Å². The van der Waals surface area contributed by atoms with Gasteiger partial charge in [0.25, 0.3) is 0 Å². The van der Waals surface area contributed by atoms with E-state index in [9.17, 15) is 9.59 Å².